The lowest BCUT2D eigenvalue weighted by Gasteiger charge is -2.33. The summed E-state index contributed by atoms with van der Waals surface area (Å²) >= 11 is 0. The van der Waals surface area contributed by atoms with Crippen LogP contribution in [0, 0.1) is 0 Å². The number of benzene rings is 1. The van der Waals surface area contributed by atoms with Crippen molar-refractivity contribution in [2.45, 2.75) is 29.8 Å². The molecule has 0 bridgehead atoms. The third kappa shape index (κ3) is 4.48. The Morgan fingerprint density at radius 1 is 1.15 bits per heavy atom. The van der Waals surface area contributed by atoms with Gasteiger partial charge in [0.15, 0.2) is 5.54 Å². The van der Waals surface area contributed by atoms with Gasteiger partial charge in [-0.25, -0.2) is 9.98 Å². The molecule has 2 aromatic rings. The van der Waals surface area contributed by atoms with Crippen LogP contribution < -0.4 is 10.5 Å². The van der Waals surface area contributed by atoms with E-state index in [1.807, 2.05) is 30.5 Å². The lowest BCUT2D eigenvalue weighted by Crippen LogP contribution is -2.31. The Bertz CT molecular complexity index is 1180. The van der Waals surface area contributed by atoms with Gasteiger partial charge in [0.1, 0.15) is 12.4 Å². The Kier molecular flexibility index (Phi) is 5.97. The number of amidine groups is 1. The highest BCUT2D eigenvalue weighted by atomic mass is 32.2. The highest BCUT2D eigenvalue weighted by Gasteiger charge is 2.47. The number of aromatic nitrogens is 1. The number of hydrogen-bond donors (Lipinski definition) is 2. The summed E-state index contributed by atoms with van der Waals surface area (Å²) in [5.41, 5.74) is 2.76. The first-order chi connectivity index (χ1) is 15.5. The van der Waals surface area contributed by atoms with Gasteiger partial charge in [0, 0.05) is 25.0 Å². The molecule has 178 valence electrons. The van der Waals surface area contributed by atoms with Gasteiger partial charge in [-0.15, -0.1) is 0 Å². The molecule has 0 saturated carbocycles. The third-order valence-corrected chi connectivity index (χ3v) is 6.16. The van der Waals surface area contributed by atoms with E-state index in [1.54, 1.807) is 0 Å². The summed E-state index contributed by atoms with van der Waals surface area (Å²) in [6, 6.07) is 10.2. The summed E-state index contributed by atoms with van der Waals surface area (Å²) in [6.07, 6.45) is 3.93. The van der Waals surface area contributed by atoms with Crippen molar-refractivity contribution in [3.8, 4) is 11.6 Å². The number of pyridine rings is 1. The fourth-order valence-electron chi connectivity index (χ4n) is 3.95. The van der Waals surface area contributed by atoms with Gasteiger partial charge in [-0.1, -0.05) is 18.2 Å². The summed E-state index contributed by atoms with van der Waals surface area (Å²) in [5.74, 6) is 1.78. The standard InChI is InChI=1S/C19H19N3O3.CHF3O3S/c20-18-22-19(11-24-18)14-3-1-2-4-16(14)25-17-15(19)9-13(10-21-17)12-5-7-23-8-6-12;2-1(3,4)8(5,6)7/h1-4,9-10,12H,5-8,11H2,(H2,20,22);(H,5,6,7)/t19-;/m0./s1. The number of para-hydroxylation sites is 1. The normalized spacial score (nSPS) is 22.2. The van der Waals surface area contributed by atoms with E-state index in [0.717, 1.165) is 42.9 Å². The van der Waals surface area contributed by atoms with Crippen LogP contribution in [0.4, 0.5) is 13.2 Å². The second-order valence-electron chi connectivity index (χ2n) is 7.63. The van der Waals surface area contributed by atoms with E-state index in [0.29, 0.717) is 18.4 Å². The van der Waals surface area contributed by atoms with E-state index < -0.39 is 21.2 Å². The van der Waals surface area contributed by atoms with Gasteiger partial charge in [-0.2, -0.15) is 21.6 Å². The van der Waals surface area contributed by atoms with Crippen molar-refractivity contribution >= 4 is 16.1 Å². The molecule has 0 radical (unpaired) electrons. The number of halogens is 3. The molecule has 3 N–H and O–H groups in total. The zero-order chi connectivity index (χ0) is 23.9. The van der Waals surface area contributed by atoms with Gasteiger partial charge in [-0.05, 0) is 36.5 Å². The van der Waals surface area contributed by atoms with Crippen LogP contribution in [0.2, 0.25) is 0 Å². The highest BCUT2D eigenvalue weighted by molar-refractivity contribution is 7.86. The van der Waals surface area contributed by atoms with Crippen molar-refractivity contribution < 1.29 is 40.4 Å². The van der Waals surface area contributed by atoms with Crippen LogP contribution >= 0.6 is 0 Å². The molecule has 1 aromatic heterocycles. The Labute approximate surface area is 187 Å². The number of nitrogens with zero attached hydrogens (tertiary/aromatic N) is 2. The molecule has 3 aliphatic rings. The molecule has 1 aromatic carbocycles. The van der Waals surface area contributed by atoms with E-state index in [-0.39, 0.29) is 6.02 Å². The Hall–Kier alpha value is -2.90. The zero-order valence-electron chi connectivity index (χ0n) is 17.1. The molecule has 1 fully saturated rings. The number of fused-ring (bicyclic) bond motifs is 4. The maximum absolute atomic E-state index is 10.7. The van der Waals surface area contributed by atoms with E-state index >= 15 is 0 Å². The van der Waals surface area contributed by atoms with Gasteiger partial charge >= 0.3 is 15.6 Å². The second-order valence-corrected chi connectivity index (χ2v) is 9.04. The molecule has 0 amide bonds. The lowest BCUT2D eigenvalue weighted by molar-refractivity contribution is -0.0510. The predicted molar refractivity (Wildman–Crippen MR) is 110 cm³/mol. The first-order valence-corrected chi connectivity index (χ1v) is 11.3. The molecule has 0 aliphatic carbocycles. The maximum Gasteiger partial charge on any atom is 0.522 e. The van der Waals surface area contributed by atoms with Gasteiger partial charge < -0.3 is 19.9 Å². The van der Waals surface area contributed by atoms with Crippen LogP contribution in [0.1, 0.15) is 35.4 Å². The molecule has 1 atom stereocenters. The SMILES string of the molecule is NC1=N[C@@]2(CO1)c1ccccc1Oc1ncc(C3CCOCC3)cc12.O=S(=O)(O)C(F)(F)F. The lowest BCUT2D eigenvalue weighted by atomic mass is 9.81. The Morgan fingerprint density at radius 3 is 2.42 bits per heavy atom. The number of rotatable bonds is 1. The summed E-state index contributed by atoms with van der Waals surface area (Å²) in [4.78, 5) is 9.28. The Balaban J connectivity index is 0.000000281. The van der Waals surface area contributed by atoms with Crippen LogP contribution in [0.3, 0.4) is 0 Å². The Morgan fingerprint density at radius 2 is 1.82 bits per heavy atom. The van der Waals surface area contributed by atoms with Crippen LogP contribution in [-0.2, 0) is 25.1 Å². The molecular formula is C20H20F3N3O6S. The number of alkyl halides is 3. The summed E-state index contributed by atoms with van der Waals surface area (Å²) in [6.45, 7) is 1.95. The molecule has 13 heteroatoms. The fraction of sp³-hybridized carbons (Fsp3) is 0.400. The number of aliphatic imine (C=N–C) groups is 1. The van der Waals surface area contributed by atoms with Crippen molar-refractivity contribution in [2.24, 2.45) is 10.7 Å². The minimum atomic E-state index is -5.84. The molecular weight excluding hydrogens is 467 g/mol. The molecule has 33 heavy (non-hydrogen) atoms. The molecule has 4 heterocycles. The fourth-order valence-corrected chi connectivity index (χ4v) is 3.95. The number of hydrogen-bond acceptors (Lipinski definition) is 8. The van der Waals surface area contributed by atoms with Crippen molar-refractivity contribution in [2.75, 3.05) is 19.8 Å². The quantitative estimate of drug-likeness (QED) is 0.463. The van der Waals surface area contributed by atoms with E-state index in [1.165, 1.54) is 5.56 Å². The zero-order valence-corrected chi connectivity index (χ0v) is 17.9. The van der Waals surface area contributed by atoms with Crippen molar-refractivity contribution in [1.29, 1.82) is 0 Å². The van der Waals surface area contributed by atoms with Gasteiger partial charge in [-0.3, -0.25) is 4.55 Å². The monoisotopic (exact) mass is 487 g/mol. The van der Waals surface area contributed by atoms with E-state index in [4.69, 9.17) is 32.9 Å². The average molecular weight is 487 g/mol. The summed E-state index contributed by atoms with van der Waals surface area (Å²) < 4.78 is 74.6. The summed E-state index contributed by atoms with van der Waals surface area (Å²) in [7, 11) is -5.84. The van der Waals surface area contributed by atoms with Crippen molar-refractivity contribution in [3.63, 3.8) is 0 Å². The van der Waals surface area contributed by atoms with Gasteiger partial charge in [0.25, 0.3) is 6.02 Å². The first-order valence-electron chi connectivity index (χ1n) is 9.89. The minimum Gasteiger partial charge on any atom is -0.462 e. The first kappa shape index (κ1) is 23.3. The summed E-state index contributed by atoms with van der Waals surface area (Å²) in [5, 5.41) is 0. The van der Waals surface area contributed by atoms with Gasteiger partial charge in [0.05, 0.1) is 5.56 Å². The smallest absolute Gasteiger partial charge is 0.462 e. The molecule has 3 aliphatic heterocycles. The molecule has 1 saturated heterocycles. The largest absolute Gasteiger partial charge is 0.522 e. The molecule has 5 rings (SSSR count). The second kappa shape index (κ2) is 8.47. The topological polar surface area (TPSA) is 133 Å². The molecule has 1 spiro atoms. The van der Waals surface area contributed by atoms with Crippen LogP contribution in [0.5, 0.6) is 11.6 Å². The van der Waals surface area contributed by atoms with Gasteiger partial charge in [0.2, 0.25) is 5.88 Å². The van der Waals surface area contributed by atoms with Crippen LogP contribution in [-0.4, -0.2) is 49.3 Å². The van der Waals surface area contributed by atoms with Crippen LogP contribution in [0.25, 0.3) is 0 Å². The molecule has 9 nitrogen and oxygen atoms in total. The minimum absolute atomic E-state index is 0.208. The van der Waals surface area contributed by atoms with E-state index in [9.17, 15) is 13.2 Å². The highest BCUT2D eigenvalue weighted by Crippen LogP contribution is 2.50. The number of ether oxygens (including phenoxy) is 3. The average Bonchev–Trinajstić information content (AvgIpc) is 3.16. The predicted octanol–water partition coefficient (Wildman–Crippen LogP) is 3.06. The van der Waals surface area contributed by atoms with Crippen LogP contribution in [0.15, 0.2) is 41.5 Å². The third-order valence-electron chi connectivity index (χ3n) is 5.57. The number of nitrogens with two attached hydrogens (primary N) is 1. The van der Waals surface area contributed by atoms with Crippen molar-refractivity contribution in [1.82, 2.24) is 4.98 Å². The molecule has 0 unspecified atom stereocenters. The van der Waals surface area contributed by atoms with E-state index in [2.05, 4.69) is 16.0 Å². The van der Waals surface area contributed by atoms with Crippen molar-refractivity contribution in [3.05, 3.63) is 53.2 Å². The maximum atomic E-state index is 10.7.